The summed E-state index contributed by atoms with van der Waals surface area (Å²) in [4.78, 5) is 37.0. The molecule has 0 bridgehead atoms. The lowest BCUT2D eigenvalue weighted by Crippen LogP contribution is -2.49. The molecule has 0 aliphatic carbocycles. The van der Waals surface area contributed by atoms with Gasteiger partial charge in [-0.05, 0) is 55.3 Å². The topological polar surface area (TPSA) is 96.5 Å². The fraction of sp³-hybridized carbons (Fsp3) is 0.348. The molecule has 0 saturated heterocycles. The van der Waals surface area contributed by atoms with E-state index in [1.807, 2.05) is 6.92 Å². The maximum atomic E-state index is 12.9. The number of rotatable bonds is 8. The van der Waals surface area contributed by atoms with Crippen LogP contribution in [-0.4, -0.2) is 30.6 Å². The first-order chi connectivity index (χ1) is 15.5. The Bertz CT molecular complexity index is 978. The fourth-order valence-electron chi connectivity index (χ4n) is 2.91. The van der Waals surface area contributed by atoms with E-state index >= 15 is 0 Å². The van der Waals surface area contributed by atoms with Gasteiger partial charge in [-0.3, -0.25) is 4.79 Å². The van der Waals surface area contributed by atoms with Crippen molar-refractivity contribution in [3.63, 3.8) is 0 Å². The van der Waals surface area contributed by atoms with Crippen LogP contribution in [0.25, 0.3) is 0 Å². The minimum absolute atomic E-state index is 0.0554. The molecule has 33 heavy (non-hydrogen) atoms. The van der Waals surface area contributed by atoms with Crippen molar-refractivity contribution in [1.29, 1.82) is 0 Å². The van der Waals surface area contributed by atoms with Gasteiger partial charge in [0, 0.05) is 11.4 Å². The third-order valence-corrected chi connectivity index (χ3v) is 4.89. The lowest BCUT2D eigenvalue weighted by molar-refractivity contribution is -0.137. The smallest absolute Gasteiger partial charge is 0.416 e. The molecule has 0 saturated carbocycles. The SMILES string of the molecule is CCOC(=O)c1ccc(NC(=O)C(NC(=O)Nc2cccc(C(F)(F)F)c2)C(C)CC)cc1. The summed E-state index contributed by atoms with van der Waals surface area (Å²) in [6, 6.07) is 8.49. The molecule has 0 aromatic heterocycles. The van der Waals surface area contributed by atoms with Gasteiger partial charge in [0.25, 0.3) is 0 Å². The van der Waals surface area contributed by atoms with Crippen molar-refractivity contribution in [2.24, 2.45) is 5.92 Å². The number of hydrogen-bond donors (Lipinski definition) is 3. The van der Waals surface area contributed by atoms with Gasteiger partial charge < -0.3 is 20.7 Å². The van der Waals surface area contributed by atoms with Crippen LogP contribution in [0.1, 0.15) is 43.1 Å². The van der Waals surface area contributed by atoms with E-state index in [1.54, 1.807) is 13.8 Å². The number of halogens is 3. The molecule has 178 valence electrons. The standard InChI is InChI=1S/C23H26F3N3O4/c1-4-14(3)19(20(30)27-17-11-9-15(10-12-17)21(31)33-5-2)29-22(32)28-18-8-6-7-16(13-18)23(24,25)26/h6-14,19H,4-5H2,1-3H3,(H,27,30)(H2,28,29,32). The van der Waals surface area contributed by atoms with Crippen LogP contribution in [0.2, 0.25) is 0 Å². The summed E-state index contributed by atoms with van der Waals surface area (Å²) in [7, 11) is 0. The highest BCUT2D eigenvalue weighted by Crippen LogP contribution is 2.30. The summed E-state index contributed by atoms with van der Waals surface area (Å²) >= 11 is 0. The average molecular weight is 465 g/mol. The number of esters is 1. The van der Waals surface area contributed by atoms with Crippen LogP contribution in [-0.2, 0) is 15.7 Å². The number of carbonyl (C=O) groups excluding carboxylic acids is 3. The van der Waals surface area contributed by atoms with Crippen LogP contribution in [0.15, 0.2) is 48.5 Å². The molecule has 0 radical (unpaired) electrons. The van der Waals surface area contributed by atoms with Gasteiger partial charge in [0.05, 0.1) is 17.7 Å². The fourth-order valence-corrected chi connectivity index (χ4v) is 2.91. The van der Waals surface area contributed by atoms with Crippen LogP contribution >= 0.6 is 0 Å². The van der Waals surface area contributed by atoms with Crippen molar-refractivity contribution in [1.82, 2.24) is 5.32 Å². The van der Waals surface area contributed by atoms with E-state index in [2.05, 4.69) is 16.0 Å². The lowest BCUT2D eigenvalue weighted by atomic mass is 9.98. The summed E-state index contributed by atoms with van der Waals surface area (Å²) in [6.45, 7) is 5.53. The molecule has 0 spiro atoms. The summed E-state index contributed by atoms with van der Waals surface area (Å²) in [5, 5.41) is 7.53. The Morgan fingerprint density at radius 1 is 0.970 bits per heavy atom. The second-order valence-corrected chi connectivity index (χ2v) is 7.33. The molecule has 2 atom stereocenters. The number of carbonyl (C=O) groups is 3. The second kappa shape index (κ2) is 11.3. The zero-order valence-corrected chi connectivity index (χ0v) is 18.5. The molecule has 0 aliphatic rings. The van der Waals surface area contributed by atoms with E-state index < -0.39 is 35.7 Å². The molecule has 2 aromatic carbocycles. The van der Waals surface area contributed by atoms with Crippen LogP contribution in [0.3, 0.4) is 0 Å². The number of hydrogen-bond acceptors (Lipinski definition) is 4. The number of ether oxygens (including phenoxy) is 1. The number of alkyl halides is 3. The normalized spacial score (nSPS) is 12.9. The number of urea groups is 1. The molecule has 0 fully saturated rings. The summed E-state index contributed by atoms with van der Waals surface area (Å²) < 4.78 is 43.6. The van der Waals surface area contributed by atoms with Gasteiger partial charge in [-0.1, -0.05) is 26.3 Å². The molecule has 2 unspecified atom stereocenters. The molecule has 10 heteroatoms. The Balaban J connectivity index is 2.07. The van der Waals surface area contributed by atoms with Gasteiger partial charge >= 0.3 is 18.2 Å². The molecule has 3 N–H and O–H groups in total. The predicted octanol–water partition coefficient (Wildman–Crippen LogP) is 5.06. The van der Waals surface area contributed by atoms with E-state index in [0.717, 1.165) is 12.1 Å². The van der Waals surface area contributed by atoms with Gasteiger partial charge in [-0.15, -0.1) is 0 Å². The summed E-state index contributed by atoms with van der Waals surface area (Å²) in [5.74, 6) is -1.26. The maximum Gasteiger partial charge on any atom is 0.416 e. The van der Waals surface area contributed by atoms with E-state index in [1.165, 1.54) is 36.4 Å². The monoisotopic (exact) mass is 465 g/mol. The molecular formula is C23H26F3N3O4. The Hall–Kier alpha value is -3.56. The van der Waals surface area contributed by atoms with Gasteiger partial charge in [0.2, 0.25) is 5.91 Å². The summed E-state index contributed by atoms with van der Waals surface area (Å²) in [5.41, 5.74) is -0.226. The van der Waals surface area contributed by atoms with Crippen LogP contribution < -0.4 is 16.0 Å². The van der Waals surface area contributed by atoms with Crippen molar-refractivity contribution in [3.8, 4) is 0 Å². The largest absolute Gasteiger partial charge is 0.462 e. The number of nitrogens with one attached hydrogen (secondary N) is 3. The molecule has 7 nitrogen and oxygen atoms in total. The van der Waals surface area contributed by atoms with Crippen LogP contribution in [0.4, 0.5) is 29.3 Å². The van der Waals surface area contributed by atoms with E-state index in [4.69, 9.17) is 4.74 Å². The first-order valence-electron chi connectivity index (χ1n) is 10.4. The zero-order valence-electron chi connectivity index (χ0n) is 18.5. The zero-order chi connectivity index (χ0) is 24.6. The highest BCUT2D eigenvalue weighted by Gasteiger charge is 2.31. The van der Waals surface area contributed by atoms with Crippen molar-refractivity contribution in [3.05, 3.63) is 59.7 Å². The molecule has 2 rings (SSSR count). The highest BCUT2D eigenvalue weighted by atomic mass is 19.4. The highest BCUT2D eigenvalue weighted by molar-refractivity contribution is 5.99. The van der Waals surface area contributed by atoms with Gasteiger partial charge in [0.1, 0.15) is 6.04 Å². The lowest BCUT2D eigenvalue weighted by Gasteiger charge is -2.24. The van der Waals surface area contributed by atoms with Crippen molar-refractivity contribution >= 4 is 29.3 Å². The van der Waals surface area contributed by atoms with Gasteiger partial charge in [-0.25, -0.2) is 9.59 Å². The van der Waals surface area contributed by atoms with E-state index in [-0.39, 0.29) is 18.2 Å². The predicted molar refractivity (Wildman–Crippen MR) is 118 cm³/mol. The number of anilines is 2. The molecule has 3 amide bonds. The molecule has 2 aromatic rings. The third kappa shape index (κ3) is 7.51. The summed E-state index contributed by atoms with van der Waals surface area (Å²) in [6.07, 6.45) is -3.99. The van der Waals surface area contributed by atoms with Crippen molar-refractivity contribution in [2.75, 3.05) is 17.2 Å². The Morgan fingerprint density at radius 2 is 1.64 bits per heavy atom. The molecular weight excluding hydrogens is 439 g/mol. The quantitative estimate of drug-likeness (QED) is 0.475. The number of benzene rings is 2. The first kappa shape index (κ1) is 25.7. The maximum absolute atomic E-state index is 12.9. The van der Waals surface area contributed by atoms with Crippen molar-refractivity contribution in [2.45, 2.75) is 39.4 Å². The Labute approximate surface area is 189 Å². The minimum Gasteiger partial charge on any atom is -0.462 e. The molecule has 0 heterocycles. The van der Waals surface area contributed by atoms with Crippen molar-refractivity contribution < 1.29 is 32.3 Å². The molecule has 0 aliphatic heterocycles. The Morgan fingerprint density at radius 3 is 2.21 bits per heavy atom. The van der Waals surface area contributed by atoms with Gasteiger partial charge in [0.15, 0.2) is 0 Å². The average Bonchev–Trinajstić information content (AvgIpc) is 2.77. The minimum atomic E-state index is -4.55. The third-order valence-electron chi connectivity index (χ3n) is 4.89. The number of amides is 3. The van der Waals surface area contributed by atoms with E-state index in [0.29, 0.717) is 17.7 Å². The van der Waals surface area contributed by atoms with Crippen LogP contribution in [0.5, 0.6) is 0 Å². The first-order valence-corrected chi connectivity index (χ1v) is 10.4. The van der Waals surface area contributed by atoms with Crippen LogP contribution in [0, 0.1) is 5.92 Å². The Kier molecular flexibility index (Phi) is 8.84. The van der Waals surface area contributed by atoms with E-state index in [9.17, 15) is 27.6 Å². The second-order valence-electron chi connectivity index (χ2n) is 7.33. The van der Waals surface area contributed by atoms with Gasteiger partial charge in [-0.2, -0.15) is 13.2 Å².